The number of aromatic nitrogens is 4. The van der Waals surface area contributed by atoms with Crippen molar-refractivity contribution in [3.63, 3.8) is 0 Å². The molecule has 1 N–H and O–H groups in total. The highest BCUT2D eigenvalue weighted by molar-refractivity contribution is 7.71. The minimum Gasteiger partial charge on any atom is -0.465 e. The van der Waals surface area contributed by atoms with Crippen LogP contribution in [0.4, 0.5) is 0 Å². The molecular formula is C10H10N4O3S. The summed E-state index contributed by atoms with van der Waals surface area (Å²) in [5.74, 6) is -0.526. The summed E-state index contributed by atoms with van der Waals surface area (Å²) in [4.78, 5) is 34.0. The summed E-state index contributed by atoms with van der Waals surface area (Å²) in [6.45, 7) is 1.69. The average Bonchev–Trinajstić information content (AvgIpc) is 2.35. The minimum absolute atomic E-state index is 0.112. The SMILES string of the molecule is CCOC(=O)Cn1c(=S)[nH]c2nccnc2c1=O. The van der Waals surface area contributed by atoms with Crippen molar-refractivity contribution in [2.24, 2.45) is 0 Å². The van der Waals surface area contributed by atoms with Gasteiger partial charge >= 0.3 is 5.97 Å². The van der Waals surface area contributed by atoms with Crippen LogP contribution < -0.4 is 5.56 Å². The van der Waals surface area contributed by atoms with Crippen LogP contribution in [0.3, 0.4) is 0 Å². The maximum absolute atomic E-state index is 12.1. The van der Waals surface area contributed by atoms with Crippen molar-refractivity contribution in [2.45, 2.75) is 13.5 Å². The Hall–Kier alpha value is -2.09. The fourth-order valence-corrected chi connectivity index (χ4v) is 1.70. The number of nitrogens with zero attached hydrogens (tertiary/aromatic N) is 3. The summed E-state index contributed by atoms with van der Waals surface area (Å²) in [5.41, 5.74) is -0.0297. The Kier molecular flexibility index (Phi) is 3.47. The van der Waals surface area contributed by atoms with E-state index in [4.69, 9.17) is 17.0 Å². The van der Waals surface area contributed by atoms with Gasteiger partial charge in [0.25, 0.3) is 5.56 Å². The Morgan fingerprint density at radius 1 is 1.50 bits per heavy atom. The van der Waals surface area contributed by atoms with Crippen LogP contribution in [0.15, 0.2) is 17.2 Å². The van der Waals surface area contributed by atoms with Gasteiger partial charge in [0.15, 0.2) is 15.9 Å². The maximum Gasteiger partial charge on any atom is 0.326 e. The van der Waals surface area contributed by atoms with Gasteiger partial charge in [-0.2, -0.15) is 0 Å². The Balaban J connectivity index is 2.55. The highest BCUT2D eigenvalue weighted by Crippen LogP contribution is 1.99. The molecule has 7 nitrogen and oxygen atoms in total. The van der Waals surface area contributed by atoms with Gasteiger partial charge in [0, 0.05) is 12.4 Å². The Labute approximate surface area is 106 Å². The molecule has 0 bridgehead atoms. The van der Waals surface area contributed by atoms with Crippen LogP contribution in [-0.4, -0.2) is 32.1 Å². The van der Waals surface area contributed by atoms with E-state index in [1.54, 1.807) is 6.92 Å². The third-order valence-electron chi connectivity index (χ3n) is 2.21. The largest absolute Gasteiger partial charge is 0.465 e. The summed E-state index contributed by atoms with van der Waals surface area (Å²) >= 11 is 5.00. The molecule has 2 aromatic heterocycles. The summed E-state index contributed by atoms with van der Waals surface area (Å²) in [5, 5.41) is 0. The second-order valence-corrected chi connectivity index (χ2v) is 3.77. The molecule has 0 radical (unpaired) electrons. The Bertz CT molecular complexity index is 706. The van der Waals surface area contributed by atoms with Crippen molar-refractivity contribution in [1.29, 1.82) is 0 Å². The van der Waals surface area contributed by atoms with E-state index in [-0.39, 0.29) is 23.4 Å². The van der Waals surface area contributed by atoms with E-state index in [0.717, 1.165) is 4.57 Å². The predicted octanol–water partition coefficient (Wildman–Crippen LogP) is 0.412. The van der Waals surface area contributed by atoms with Crippen LogP contribution in [-0.2, 0) is 16.1 Å². The number of ether oxygens (including phenoxy) is 1. The van der Waals surface area contributed by atoms with E-state index in [2.05, 4.69) is 15.0 Å². The summed E-state index contributed by atoms with van der Waals surface area (Å²) in [6, 6.07) is 0. The van der Waals surface area contributed by atoms with Crippen LogP contribution in [0.5, 0.6) is 0 Å². The zero-order chi connectivity index (χ0) is 13.1. The summed E-state index contributed by atoms with van der Waals surface area (Å²) in [6.07, 6.45) is 2.85. The number of carbonyl (C=O) groups is 1. The molecule has 0 saturated heterocycles. The highest BCUT2D eigenvalue weighted by Gasteiger charge is 2.11. The van der Waals surface area contributed by atoms with E-state index < -0.39 is 11.5 Å². The lowest BCUT2D eigenvalue weighted by molar-refractivity contribution is -0.143. The van der Waals surface area contributed by atoms with Gasteiger partial charge in [-0.15, -0.1) is 0 Å². The number of hydrogen-bond acceptors (Lipinski definition) is 6. The number of hydrogen-bond donors (Lipinski definition) is 1. The molecule has 2 heterocycles. The van der Waals surface area contributed by atoms with Gasteiger partial charge in [0.05, 0.1) is 6.61 Å². The first-order valence-electron chi connectivity index (χ1n) is 5.23. The molecule has 18 heavy (non-hydrogen) atoms. The zero-order valence-electron chi connectivity index (χ0n) is 9.54. The van der Waals surface area contributed by atoms with Crippen molar-refractivity contribution in [3.05, 3.63) is 27.5 Å². The normalized spacial score (nSPS) is 10.5. The van der Waals surface area contributed by atoms with Gasteiger partial charge in [-0.25, -0.2) is 9.97 Å². The third-order valence-corrected chi connectivity index (χ3v) is 2.53. The molecule has 0 aliphatic rings. The molecule has 0 fully saturated rings. The monoisotopic (exact) mass is 266 g/mol. The molecule has 94 valence electrons. The number of fused-ring (bicyclic) bond motifs is 1. The van der Waals surface area contributed by atoms with Crippen LogP contribution in [0, 0.1) is 4.77 Å². The molecule has 2 rings (SSSR count). The molecular weight excluding hydrogens is 256 g/mol. The van der Waals surface area contributed by atoms with E-state index in [9.17, 15) is 9.59 Å². The van der Waals surface area contributed by atoms with Gasteiger partial charge in [0.1, 0.15) is 6.54 Å². The second-order valence-electron chi connectivity index (χ2n) is 3.38. The summed E-state index contributed by atoms with van der Waals surface area (Å²) < 4.78 is 5.99. The maximum atomic E-state index is 12.1. The molecule has 0 saturated carbocycles. The van der Waals surface area contributed by atoms with Crippen molar-refractivity contribution >= 4 is 29.4 Å². The van der Waals surface area contributed by atoms with Gasteiger partial charge in [-0.05, 0) is 19.1 Å². The molecule has 0 spiro atoms. The first-order chi connectivity index (χ1) is 8.63. The first-order valence-corrected chi connectivity index (χ1v) is 5.63. The van der Waals surface area contributed by atoms with E-state index >= 15 is 0 Å². The van der Waals surface area contributed by atoms with E-state index in [0.29, 0.717) is 5.65 Å². The molecule has 2 aromatic rings. The van der Waals surface area contributed by atoms with Gasteiger partial charge in [0.2, 0.25) is 0 Å². The topological polar surface area (TPSA) is 89.9 Å². The van der Waals surface area contributed by atoms with Gasteiger partial charge in [-0.1, -0.05) is 0 Å². The van der Waals surface area contributed by atoms with Crippen molar-refractivity contribution in [1.82, 2.24) is 19.5 Å². The lowest BCUT2D eigenvalue weighted by Gasteiger charge is -2.06. The van der Waals surface area contributed by atoms with Crippen molar-refractivity contribution < 1.29 is 9.53 Å². The Morgan fingerprint density at radius 2 is 2.22 bits per heavy atom. The smallest absolute Gasteiger partial charge is 0.326 e. The molecule has 0 atom stereocenters. The number of esters is 1. The molecule has 8 heteroatoms. The lowest BCUT2D eigenvalue weighted by Crippen LogP contribution is -2.27. The van der Waals surface area contributed by atoms with E-state index in [1.807, 2.05) is 0 Å². The van der Waals surface area contributed by atoms with Crippen LogP contribution in [0.1, 0.15) is 6.92 Å². The van der Waals surface area contributed by atoms with E-state index in [1.165, 1.54) is 12.4 Å². The van der Waals surface area contributed by atoms with Crippen LogP contribution >= 0.6 is 12.2 Å². The Morgan fingerprint density at radius 3 is 2.94 bits per heavy atom. The minimum atomic E-state index is -0.526. The van der Waals surface area contributed by atoms with Crippen molar-refractivity contribution in [2.75, 3.05) is 6.61 Å². The molecule has 0 aromatic carbocycles. The zero-order valence-corrected chi connectivity index (χ0v) is 10.4. The standard InChI is InChI=1S/C10H10N4O3S/c1-2-17-6(15)5-14-9(16)7-8(13-10(14)18)12-4-3-11-7/h3-4H,2,5H2,1H3,(H,12,13,18). The molecule has 0 aliphatic heterocycles. The third kappa shape index (κ3) is 2.28. The molecule has 0 aliphatic carbocycles. The first kappa shape index (κ1) is 12.4. The highest BCUT2D eigenvalue weighted by atomic mass is 32.1. The number of H-pyrrole nitrogens is 1. The quantitative estimate of drug-likeness (QED) is 0.639. The van der Waals surface area contributed by atoms with Crippen LogP contribution in [0.25, 0.3) is 11.2 Å². The summed E-state index contributed by atoms with van der Waals surface area (Å²) in [7, 11) is 0. The molecule has 0 amide bonds. The number of rotatable bonds is 3. The number of aromatic amines is 1. The second kappa shape index (κ2) is 5.05. The van der Waals surface area contributed by atoms with Gasteiger partial charge < -0.3 is 9.72 Å². The lowest BCUT2D eigenvalue weighted by atomic mass is 10.5. The number of carbonyl (C=O) groups excluding carboxylic acids is 1. The molecule has 0 unspecified atom stereocenters. The van der Waals surface area contributed by atoms with Crippen molar-refractivity contribution in [3.8, 4) is 0 Å². The number of nitrogens with one attached hydrogen (secondary N) is 1. The van der Waals surface area contributed by atoms with Gasteiger partial charge in [-0.3, -0.25) is 14.2 Å². The average molecular weight is 266 g/mol. The van der Waals surface area contributed by atoms with Crippen LogP contribution in [0.2, 0.25) is 0 Å². The fraction of sp³-hybridized carbons (Fsp3) is 0.300. The predicted molar refractivity (Wildman–Crippen MR) is 65.6 cm³/mol. The fourth-order valence-electron chi connectivity index (χ4n) is 1.45.